The highest BCUT2D eigenvalue weighted by Crippen LogP contribution is 2.39. The summed E-state index contributed by atoms with van der Waals surface area (Å²) in [6.45, 7) is 9.74. The molecule has 0 radical (unpaired) electrons. The molecule has 1 aromatic rings. The van der Waals surface area contributed by atoms with E-state index in [1.165, 1.54) is 6.20 Å². The Morgan fingerprint density at radius 3 is 2.43 bits per heavy atom. The Balaban J connectivity index is 2.24. The third-order valence-electron chi connectivity index (χ3n) is 5.47. The maximum absolute atomic E-state index is 12.3. The Morgan fingerprint density at radius 2 is 1.90 bits per heavy atom. The summed E-state index contributed by atoms with van der Waals surface area (Å²) in [6.07, 6.45) is -4.39. The number of rotatable bonds is 7. The standard InChI is InChI=1S/C16H30N3O9PSi/c1-16(2,3)30(4,5)27-7-9-6-19(15(22)18-13(9)17)14-12(21)11(20)10(28-14)8-26-29(23,24)25/h6,10-12,14,20-21H,7-8H2,1-5H3,(H2,17,18,22)(H2,23,24,25)/t10-,11-,12-,14-/m1/s1. The minimum Gasteiger partial charge on any atom is -0.412 e. The number of phosphoric acid groups is 1. The molecule has 0 saturated carbocycles. The predicted molar refractivity (Wildman–Crippen MR) is 109 cm³/mol. The number of nitrogens with two attached hydrogens (primary N) is 1. The Hall–Kier alpha value is -1.15. The molecule has 1 saturated heterocycles. The van der Waals surface area contributed by atoms with Crippen LogP contribution in [0.4, 0.5) is 5.82 Å². The van der Waals surface area contributed by atoms with Gasteiger partial charge in [0.1, 0.15) is 24.1 Å². The van der Waals surface area contributed by atoms with Crippen molar-refractivity contribution in [2.75, 3.05) is 12.3 Å². The van der Waals surface area contributed by atoms with Crippen LogP contribution >= 0.6 is 7.82 Å². The zero-order chi connectivity index (χ0) is 23.1. The fraction of sp³-hybridized carbons (Fsp3) is 0.750. The molecule has 6 N–H and O–H groups in total. The van der Waals surface area contributed by atoms with Gasteiger partial charge in [0, 0.05) is 11.8 Å². The molecule has 1 aliphatic heterocycles. The second kappa shape index (κ2) is 8.77. The number of nitrogen functional groups attached to an aromatic ring is 1. The Morgan fingerprint density at radius 1 is 1.30 bits per heavy atom. The van der Waals surface area contributed by atoms with Crippen LogP contribution < -0.4 is 11.4 Å². The van der Waals surface area contributed by atoms with Crippen molar-refractivity contribution < 1.29 is 38.3 Å². The molecule has 1 fully saturated rings. The van der Waals surface area contributed by atoms with Crippen molar-refractivity contribution in [3.8, 4) is 0 Å². The molecular weight excluding hydrogens is 437 g/mol. The number of hydrogen-bond donors (Lipinski definition) is 5. The lowest BCUT2D eigenvalue weighted by molar-refractivity contribution is -0.0543. The molecule has 1 aromatic heterocycles. The first kappa shape index (κ1) is 25.1. The van der Waals surface area contributed by atoms with Gasteiger partial charge in [-0.1, -0.05) is 20.8 Å². The second-order valence-electron chi connectivity index (χ2n) is 8.72. The van der Waals surface area contributed by atoms with Gasteiger partial charge in [-0.05, 0) is 18.1 Å². The van der Waals surface area contributed by atoms with E-state index < -0.39 is 53.0 Å². The number of anilines is 1. The summed E-state index contributed by atoms with van der Waals surface area (Å²) in [7, 11) is -6.92. The highest BCUT2D eigenvalue weighted by atomic mass is 31.2. The van der Waals surface area contributed by atoms with Gasteiger partial charge in [-0.2, -0.15) is 4.98 Å². The average Bonchev–Trinajstić information content (AvgIpc) is 2.86. The van der Waals surface area contributed by atoms with E-state index in [0.717, 1.165) is 4.57 Å². The van der Waals surface area contributed by atoms with Gasteiger partial charge in [0.15, 0.2) is 14.5 Å². The Kier molecular flexibility index (Phi) is 7.34. The molecule has 4 atom stereocenters. The van der Waals surface area contributed by atoms with Gasteiger partial charge in [0.05, 0.1) is 13.2 Å². The molecule has 30 heavy (non-hydrogen) atoms. The van der Waals surface area contributed by atoms with E-state index in [9.17, 15) is 19.6 Å². The van der Waals surface area contributed by atoms with Crippen LogP contribution in [0.15, 0.2) is 11.0 Å². The minimum absolute atomic E-state index is 0.0237. The van der Waals surface area contributed by atoms with Gasteiger partial charge >= 0.3 is 13.5 Å². The first-order valence-electron chi connectivity index (χ1n) is 9.26. The van der Waals surface area contributed by atoms with E-state index >= 15 is 0 Å². The van der Waals surface area contributed by atoms with Gasteiger partial charge in [-0.15, -0.1) is 0 Å². The van der Waals surface area contributed by atoms with Gasteiger partial charge < -0.3 is 34.9 Å². The fourth-order valence-electron chi connectivity index (χ4n) is 2.56. The highest BCUT2D eigenvalue weighted by Gasteiger charge is 2.45. The minimum atomic E-state index is -4.80. The summed E-state index contributed by atoms with van der Waals surface area (Å²) >= 11 is 0. The SMILES string of the molecule is CC(C)(C)[Si](C)(C)OCc1cn([C@@H]2O[C@H](COP(=O)(O)O)[C@@H](O)[C@H]2O)c(=O)nc1N. The predicted octanol–water partition coefficient (Wildman–Crippen LogP) is 0.0758. The number of phosphoric ester groups is 1. The third kappa shape index (κ3) is 5.75. The van der Waals surface area contributed by atoms with Gasteiger partial charge in [-0.25, -0.2) is 9.36 Å². The first-order valence-corrected chi connectivity index (χ1v) is 13.7. The molecule has 0 aromatic carbocycles. The molecule has 12 nitrogen and oxygen atoms in total. The summed E-state index contributed by atoms with van der Waals surface area (Å²) < 4.78 is 27.7. The summed E-state index contributed by atoms with van der Waals surface area (Å²) in [6, 6.07) is 0. The van der Waals surface area contributed by atoms with Gasteiger partial charge in [0.25, 0.3) is 0 Å². The van der Waals surface area contributed by atoms with Crippen LogP contribution in [0.3, 0.4) is 0 Å². The molecule has 0 bridgehead atoms. The third-order valence-corrected chi connectivity index (χ3v) is 10.4. The molecule has 2 heterocycles. The van der Waals surface area contributed by atoms with E-state index in [1.807, 2.05) is 0 Å². The lowest BCUT2D eigenvalue weighted by atomic mass is 10.1. The Bertz CT molecular complexity index is 866. The van der Waals surface area contributed by atoms with Crippen molar-refractivity contribution in [1.29, 1.82) is 0 Å². The first-order chi connectivity index (χ1) is 13.5. The number of aromatic nitrogens is 2. The summed E-state index contributed by atoms with van der Waals surface area (Å²) in [5.74, 6) is -0.0237. The van der Waals surface area contributed by atoms with Crippen LogP contribution in [-0.2, 0) is 24.9 Å². The van der Waals surface area contributed by atoms with Crippen molar-refractivity contribution in [1.82, 2.24) is 9.55 Å². The molecule has 14 heteroatoms. The smallest absolute Gasteiger partial charge is 0.412 e. The van der Waals surface area contributed by atoms with Crippen molar-refractivity contribution >= 4 is 22.0 Å². The quantitative estimate of drug-likeness (QED) is 0.270. The molecule has 172 valence electrons. The molecule has 0 spiro atoms. The fourth-order valence-corrected chi connectivity index (χ4v) is 3.85. The molecule has 2 rings (SSSR count). The zero-order valence-corrected chi connectivity index (χ0v) is 19.4. The summed E-state index contributed by atoms with van der Waals surface area (Å²) in [4.78, 5) is 33.7. The van der Waals surface area contributed by atoms with Crippen molar-refractivity contribution in [3.05, 3.63) is 22.2 Å². The van der Waals surface area contributed by atoms with Crippen LogP contribution in [0.1, 0.15) is 32.6 Å². The average molecular weight is 467 g/mol. The maximum atomic E-state index is 12.3. The van der Waals surface area contributed by atoms with E-state index in [2.05, 4.69) is 43.4 Å². The van der Waals surface area contributed by atoms with Crippen molar-refractivity contribution in [2.45, 2.75) is 70.1 Å². The van der Waals surface area contributed by atoms with E-state index in [0.29, 0.717) is 5.56 Å². The van der Waals surface area contributed by atoms with Crippen LogP contribution in [-0.4, -0.2) is 62.8 Å². The second-order valence-corrected chi connectivity index (χ2v) is 14.8. The van der Waals surface area contributed by atoms with Crippen molar-refractivity contribution in [3.63, 3.8) is 0 Å². The van der Waals surface area contributed by atoms with Crippen LogP contribution in [0, 0.1) is 0 Å². The lowest BCUT2D eigenvalue weighted by Crippen LogP contribution is -2.41. The van der Waals surface area contributed by atoms with Crippen LogP contribution in [0.25, 0.3) is 0 Å². The molecule has 0 aliphatic carbocycles. The maximum Gasteiger partial charge on any atom is 0.469 e. The zero-order valence-electron chi connectivity index (χ0n) is 17.6. The monoisotopic (exact) mass is 467 g/mol. The summed E-state index contributed by atoms with van der Waals surface area (Å²) in [5, 5.41) is 20.4. The molecule has 0 amide bonds. The normalized spacial score (nSPS) is 25.6. The number of hydrogen-bond acceptors (Lipinski definition) is 9. The lowest BCUT2D eigenvalue weighted by Gasteiger charge is -2.36. The molecule has 0 unspecified atom stereocenters. The van der Waals surface area contributed by atoms with E-state index in [1.54, 1.807) is 0 Å². The largest absolute Gasteiger partial charge is 0.469 e. The van der Waals surface area contributed by atoms with Crippen LogP contribution in [0.5, 0.6) is 0 Å². The summed E-state index contributed by atoms with van der Waals surface area (Å²) in [5.41, 5.74) is 5.44. The van der Waals surface area contributed by atoms with Gasteiger partial charge in [-0.3, -0.25) is 9.09 Å². The Labute approximate surface area is 175 Å². The van der Waals surface area contributed by atoms with Crippen molar-refractivity contribution in [2.24, 2.45) is 0 Å². The van der Waals surface area contributed by atoms with E-state index in [4.69, 9.17) is 24.7 Å². The number of nitrogens with zero attached hydrogens (tertiary/aromatic N) is 2. The number of aliphatic hydroxyl groups is 2. The van der Waals surface area contributed by atoms with Gasteiger partial charge in [0.2, 0.25) is 0 Å². The van der Waals surface area contributed by atoms with E-state index in [-0.39, 0.29) is 17.5 Å². The highest BCUT2D eigenvalue weighted by molar-refractivity contribution is 7.46. The molecular formula is C16H30N3O9PSi. The van der Waals surface area contributed by atoms with Crippen LogP contribution in [0.2, 0.25) is 18.1 Å². The number of aliphatic hydroxyl groups excluding tert-OH is 2. The molecule has 1 aliphatic rings. The number of ether oxygens (including phenoxy) is 1. The topological polar surface area (TPSA) is 187 Å².